The molecule has 0 bridgehead atoms. The first-order valence-electron chi connectivity index (χ1n) is 10.9. The molecule has 3 heterocycles. The fourth-order valence-electron chi connectivity index (χ4n) is 3.58. The minimum atomic E-state index is -3.79. The van der Waals surface area contributed by atoms with E-state index in [0.29, 0.717) is 11.9 Å². The van der Waals surface area contributed by atoms with Crippen molar-refractivity contribution in [3.63, 3.8) is 0 Å². The number of amides is 1. The van der Waals surface area contributed by atoms with Crippen LogP contribution in [0.3, 0.4) is 0 Å². The number of nitrogens with zero attached hydrogens (tertiary/aromatic N) is 5. The smallest absolute Gasteiger partial charge is 0.318 e. The van der Waals surface area contributed by atoms with Gasteiger partial charge in [-0.1, -0.05) is 18.7 Å². The Hall–Kier alpha value is -3.99. The van der Waals surface area contributed by atoms with Crippen LogP contribution < -0.4 is 15.5 Å². The van der Waals surface area contributed by atoms with Gasteiger partial charge in [0.05, 0.1) is 18.1 Å². The SMILES string of the molecule is C=CC(=O)Nc1cccc(C(F)(F)c2nc(Nc3ccc(N4CCN(C)CC4)nc3)ncc2F)c1. The van der Waals surface area contributed by atoms with Gasteiger partial charge in [0.15, 0.2) is 11.5 Å². The number of aromatic nitrogens is 3. The molecule has 35 heavy (non-hydrogen) atoms. The van der Waals surface area contributed by atoms with Gasteiger partial charge in [-0.15, -0.1) is 0 Å². The Morgan fingerprint density at radius 1 is 1.09 bits per heavy atom. The maximum absolute atomic E-state index is 15.2. The van der Waals surface area contributed by atoms with Crippen molar-refractivity contribution >= 4 is 29.0 Å². The lowest BCUT2D eigenvalue weighted by atomic mass is 10.0. The van der Waals surface area contributed by atoms with Crippen LogP contribution in [0.2, 0.25) is 0 Å². The molecule has 8 nitrogen and oxygen atoms in total. The highest BCUT2D eigenvalue weighted by Gasteiger charge is 2.39. The lowest BCUT2D eigenvalue weighted by Gasteiger charge is -2.33. The molecule has 1 aromatic carbocycles. The molecule has 0 atom stereocenters. The summed E-state index contributed by atoms with van der Waals surface area (Å²) in [5.41, 5.74) is -1.05. The first-order chi connectivity index (χ1) is 16.8. The topological polar surface area (TPSA) is 86.3 Å². The lowest BCUT2D eigenvalue weighted by molar-refractivity contribution is -0.111. The number of alkyl halides is 2. The van der Waals surface area contributed by atoms with Crippen LogP contribution in [0.25, 0.3) is 0 Å². The molecule has 1 fully saturated rings. The van der Waals surface area contributed by atoms with E-state index in [4.69, 9.17) is 0 Å². The third kappa shape index (κ3) is 5.57. The first-order valence-corrected chi connectivity index (χ1v) is 10.9. The van der Waals surface area contributed by atoms with Crippen LogP contribution in [0.15, 0.2) is 61.4 Å². The molecule has 1 aliphatic heterocycles. The number of benzene rings is 1. The Labute approximate surface area is 200 Å². The summed E-state index contributed by atoms with van der Waals surface area (Å²) in [7, 11) is 2.07. The van der Waals surface area contributed by atoms with Crippen LogP contribution in [0, 0.1) is 5.82 Å². The van der Waals surface area contributed by atoms with Crippen LogP contribution in [-0.4, -0.2) is 59.0 Å². The number of hydrogen-bond donors (Lipinski definition) is 2. The minimum Gasteiger partial charge on any atom is -0.354 e. The molecule has 2 aromatic heterocycles. The quantitative estimate of drug-likeness (QED) is 0.495. The maximum atomic E-state index is 15.2. The van der Waals surface area contributed by atoms with E-state index in [1.165, 1.54) is 12.1 Å². The van der Waals surface area contributed by atoms with Crippen LogP contribution in [0.5, 0.6) is 0 Å². The predicted octanol–water partition coefficient (Wildman–Crippen LogP) is 3.77. The van der Waals surface area contributed by atoms with Gasteiger partial charge < -0.3 is 20.4 Å². The second-order valence-electron chi connectivity index (χ2n) is 8.06. The molecular formula is C24H24F3N7O. The summed E-state index contributed by atoms with van der Waals surface area (Å²) in [5, 5.41) is 5.20. The zero-order chi connectivity index (χ0) is 25.0. The van der Waals surface area contributed by atoms with Gasteiger partial charge in [0, 0.05) is 37.4 Å². The van der Waals surface area contributed by atoms with Gasteiger partial charge in [0.1, 0.15) is 5.82 Å². The van der Waals surface area contributed by atoms with Gasteiger partial charge in [0.2, 0.25) is 11.9 Å². The Morgan fingerprint density at radius 3 is 2.54 bits per heavy atom. The van der Waals surface area contributed by atoms with E-state index in [-0.39, 0.29) is 11.6 Å². The molecule has 0 spiro atoms. The zero-order valence-electron chi connectivity index (χ0n) is 19.0. The first kappa shape index (κ1) is 24.1. The molecule has 1 saturated heterocycles. The summed E-state index contributed by atoms with van der Waals surface area (Å²) >= 11 is 0. The molecule has 0 saturated carbocycles. The largest absolute Gasteiger partial charge is 0.354 e. The number of hydrogen-bond acceptors (Lipinski definition) is 7. The van der Waals surface area contributed by atoms with E-state index in [1.54, 1.807) is 12.3 Å². The van der Waals surface area contributed by atoms with Gasteiger partial charge >= 0.3 is 5.92 Å². The number of likely N-dealkylation sites (N-methyl/N-ethyl adjacent to an activating group) is 1. The molecule has 1 amide bonds. The molecule has 0 radical (unpaired) electrons. The summed E-state index contributed by atoms with van der Waals surface area (Å²) in [6.45, 7) is 6.90. The number of halogens is 3. The Kier molecular flexibility index (Phi) is 6.97. The van der Waals surface area contributed by atoms with Gasteiger partial charge in [-0.05, 0) is 37.4 Å². The molecule has 11 heteroatoms. The summed E-state index contributed by atoms with van der Waals surface area (Å²) in [6, 6.07) is 8.49. The van der Waals surface area contributed by atoms with Crippen molar-refractivity contribution in [3.8, 4) is 0 Å². The van der Waals surface area contributed by atoms with E-state index in [2.05, 4.69) is 49.0 Å². The average Bonchev–Trinajstić information content (AvgIpc) is 2.86. The number of carbonyl (C=O) groups excluding carboxylic acids is 1. The molecule has 182 valence electrons. The maximum Gasteiger partial charge on any atom is 0.318 e. The Bertz CT molecular complexity index is 1210. The summed E-state index contributed by atoms with van der Waals surface area (Å²) in [6.07, 6.45) is 3.25. The van der Waals surface area contributed by atoms with E-state index in [0.717, 1.165) is 50.2 Å². The fourth-order valence-corrected chi connectivity index (χ4v) is 3.58. The van der Waals surface area contributed by atoms with Crippen molar-refractivity contribution in [2.75, 3.05) is 48.8 Å². The van der Waals surface area contributed by atoms with Crippen molar-refractivity contribution in [3.05, 3.63) is 78.5 Å². The Balaban J connectivity index is 1.53. The average molecular weight is 483 g/mol. The molecular weight excluding hydrogens is 459 g/mol. The third-order valence-corrected chi connectivity index (χ3v) is 5.55. The van der Waals surface area contributed by atoms with Crippen molar-refractivity contribution < 1.29 is 18.0 Å². The molecule has 0 aliphatic carbocycles. The fraction of sp³-hybridized carbons (Fsp3) is 0.250. The highest BCUT2D eigenvalue weighted by Crippen LogP contribution is 2.37. The van der Waals surface area contributed by atoms with Gasteiger partial charge in [-0.2, -0.15) is 8.78 Å². The summed E-state index contributed by atoms with van der Waals surface area (Å²) in [5.74, 6) is -5.00. The molecule has 2 N–H and O–H groups in total. The van der Waals surface area contributed by atoms with E-state index >= 15 is 8.78 Å². The summed E-state index contributed by atoms with van der Waals surface area (Å²) in [4.78, 5) is 27.8. The molecule has 4 rings (SSSR count). The van der Waals surface area contributed by atoms with Crippen molar-refractivity contribution in [1.82, 2.24) is 19.9 Å². The molecule has 3 aromatic rings. The highest BCUT2D eigenvalue weighted by atomic mass is 19.3. The lowest BCUT2D eigenvalue weighted by Crippen LogP contribution is -2.44. The second-order valence-corrected chi connectivity index (χ2v) is 8.06. The van der Waals surface area contributed by atoms with E-state index < -0.39 is 28.9 Å². The van der Waals surface area contributed by atoms with Crippen LogP contribution in [0.4, 0.5) is 36.3 Å². The number of carbonyl (C=O) groups is 1. The number of pyridine rings is 1. The van der Waals surface area contributed by atoms with Crippen LogP contribution in [0.1, 0.15) is 11.3 Å². The monoisotopic (exact) mass is 483 g/mol. The van der Waals surface area contributed by atoms with Crippen LogP contribution in [-0.2, 0) is 10.7 Å². The standard InChI is InChI=1S/C24H24F3N7O/c1-3-21(35)30-17-6-4-5-16(13-17)24(26,27)22-19(25)15-29-23(32-22)31-18-7-8-20(28-14-18)34-11-9-33(2)10-12-34/h3-8,13-15H,1,9-12H2,2H3,(H,30,35)(H,29,31,32). The molecule has 0 unspecified atom stereocenters. The predicted molar refractivity (Wildman–Crippen MR) is 127 cm³/mol. The van der Waals surface area contributed by atoms with E-state index in [1.807, 2.05) is 6.07 Å². The summed E-state index contributed by atoms with van der Waals surface area (Å²) < 4.78 is 44.9. The van der Waals surface area contributed by atoms with Crippen molar-refractivity contribution in [1.29, 1.82) is 0 Å². The van der Waals surface area contributed by atoms with Gasteiger partial charge in [-0.3, -0.25) is 4.79 Å². The minimum absolute atomic E-state index is 0.117. The Morgan fingerprint density at radius 2 is 1.86 bits per heavy atom. The van der Waals surface area contributed by atoms with Crippen molar-refractivity contribution in [2.24, 2.45) is 0 Å². The van der Waals surface area contributed by atoms with Gasteiger partial charge in [-0.25, -0.2) is 19.3 Å². The number of nitrogens with one attached hydrogen (secondary N) is 2. The third-order valence-electron chi connectivity index (χ3n) is 5.55. The van der Waals surface area contributed by atoms with Crippen molar-refractivity contribution in [2.45, 2.75) is 5.92 Å². The second kappa shape index (κ2) is 10.1. The van der Waals surface area contributed by atoms with Gasteiger partial charge in [0.25, 0.3) is 0 Å². The number of anilines is 4. The number of rotatable bonds is 7. The zero-order valence-corrected chi connectivity index (χ0v) is 19.0. The molecule has 1 aliphatic rings. The van der Waals surface area contributed by atoms with Crippen LogP contribution >= 0.6 is 0 Å². The normalized spacial score (nSPS) is 14.5. The van der Waals surface area contributed by atoms with E-state index in [9.17, 15) is 9.18 Å². The highest BCUT2D eigenvalue weighted by molar-refractivity contribution is 5.98. The number of piperazine rings is 1.